The van der Waals surface area contributed by atoms with Gasteiger partial charge in [-0.3, -0.25) is 4.79 Å². The number of carbonyl (C=O) groups excluding carboxylic acids is 1. The third kappa shape index (κ3) is 9.57. The Morgan fingerprint density at radius 2 is 1.93 bits per heavy atom. The number of aliphatic hydroxyl groups is 1. The van der Waals surface area contributed by atoms with Crippen molar-refractivity contribution >= 4 is 18.5 Å². The Bertz CT molecular complexity index is 592. The zero-order chi connectivity index (χ0) is 22.0. The van der Waals surface area contributed by atoms with Crippen molar-refractivity contribution in [3.05, 3.63) is 34.8 Å². The van der Waals surface area contributed by atoms with Gasteiger partial charge in [0, 0.05) is 12.0 Å². The minimum Gasteiger partial charge on any atom is -0.393 e. The molecule has 1 amide bonds. The Labute approximate surface area is 184 Å². The first-order valence-electron chi connectivity index (χ1n) is 11.3. The van der Waals surface area contributed by atoms with Gasteiger partial charge in [-0.25, -0.2) is 0 Å². The first kappa shape index (κ1) is 26.0. The molecule has 0 aromatic rings. The summed E-state index contributed by atoms with van der Waals surface area (Å²) in [5.41, 5.74) is 1.26. The van der Waals surface area contributed by atoms with Crippen molar-refractivity contribution in [1.82, 2.24) is 5.32 Å². The molecule has 0 aromatic carbocycles. The Morgan fingerprint density at radius 3 is 2.52 bits per heavy atom. The summed E-state index contributed by atoms with van der Waals surface area (Å²) >= 11 is 4.24. The van der Waals surface area contributed by atoms with Crippen molar-refractivity contribution in [2.24, 2.45) is 23.7 Å². The molecule has 1 saturated heterocycles. The molecular weight excluding hydrogens is 378 g/mol. The standard InChI is InChI=1S/C25H43NO2S/c1-7-22-13-14-23(26-25(22)28)20(5)15-18(3)19(4)16-24(27)17(2)11-9-8-10-12-21(6)29/h8,10,12,15,17-19,22-24,27,29H,7,9,11,13-14,16H2,1-6H3,(H,26,28)/b10-8+,20-15-,21-12+. The molecule has 1 aliphatic heterocycles. The van der Waals surface area contributed by atoms with Crippen LogP contribution in [-0.2, 0) is 4.79 Å². The summed E-state index contributed by atoms with van der Waals surface area (Å²) < 4.78 is 0. The van der Waals surface area contributed by atoms with Crippen molar-refractivity contribution in [1.29, 1.82) is 0 Å². The predicted molar refractivity (Wildman–Crippen MR) is 128 cm³/mol. The van der Waals surface area contributed by atoms with Crippen LogP contribution in [0.5, 0.6) is 0 Å². The molecular formula is C25H43NO2S. The lowest BCUT2D eigenvalue weighted by atomic mass is 9.83. The third-order valence-corrected chi connectivity index (χ3v) is 6.64. The number of rotatable bonds is 11. The van der Waals surface area contributed by atoms with Crippen LogP contribution in [0.3, 0.4) is 0 Å². The second-order valence-electron chi connectivity index (χ2n) is 9.08. The lowest BCUT2D eigenvalue weighted by Crippen LogP contribution is -2.44. The minimum atomic E-state index is -0.281. The lowest BCUT2D eigenvalue weighted by molar-refractivity contribution is -0.127. The highest BCUT2D eigenvalue weighted by atomic mass is 32.1. The molecule has 0 bridgehead atoms. The van der Waals surface area contributed by atoms with Gasteiger partial charge in [0.2, 0.25) is 5.91 Å². The Kier molecular flexibility index (Phi) is 12.0. The Hall–Kier alpha value is -1.00. The highest BCUT2D eigenvalue weighted by Crippen LogP contribution is 2.27. The van der Waals surface area contributed by atoms with Gasteiger partial charge in [-0.15, -0.1) is 12.6 Å². The van der Waals surface area contributed by atoms with Gasteiger partial charge in [0.15, 0.2) is 0 Å². The van der Waals surface area contributed by atoms with E-state index >= 15 is 0 Å². The average molecular weight is 422 g/mol. The number of nitrogens with one attached hydrogen (secondary N) is 1. The van der Waals surface area contributed by atoms with E-state index in [0.29, 0.717) is 11.8 Å². The first-order chi connectivity index (χ1) is 13.6. The number of allylic oxidation sites excluding steroid dienone is 5. The molecule has 4 heteroatoms. The van der Waals surface area contributed by atoms with E-state index in [1.54, 1.807) is 0 Å². The van der Waals surface area contributed by atoms with Crippen molar-refractivity contribution in [3.8, 4) is 0 Å². The molecule has 2 N–H and O–H groups in total. The van der Waals surface area contributed by atoms with Gasteiger partial charge in [0.05, 0.1) is 6.10 Å². The summed E-state index contributed by atoms with van der Waals surface area (Å²) in [6, 6.07) is 0.172. The highest BCUT2D eigenvalue weighted by molar-refractivity contribution is 7.84. The number of aliphatic hydroxyl groups excluding tert-OH is 1. The molecule has 1 heterocycles. The summed E-state index contributed by atoms with van der Waals surface area (Å²) in [6.45, 7) is 12.8. The Balaban J connectivity index is 2.48. The highest BCUT2D eigenvalue weighted by Gasteiger charge is 2.28. The molecule has 1 fully saturated rings. The maximum atomic E-state index is 12.2. The first-order valence-corrected chi connectivity index (χ1v) is 11.8. The number of hydrogen-bond donors (Lipinski definition) is 3. The van der Waals surface area contributed by atoms with E-state index in [2.05, 4.69) is 64.7 Å². The van der Waals surface area contributed by atoms with Crippen LogP contribution in [0.15, 0.2) is 34.8 Å². The van der Waals surface area contributed by atoms with Gasteiger partial charge in [-0.1, -0.05) is 57.6 Å². The lowest BCUT2D eigenvalue weighted by Gasteiger charge is -2.30. The van der Waals surface area contributed by atoms with Crippen LogP contribution in [0.1, 0.15) is 80.1 Å². The molecule has 1 aliphatic rings. The summed E-state index contributed by atoms with van der Waals surface area (Å²) in [4.78, 5) is 13.2. The Morgan fingerprint density at radius 1 is 1.24 bits per heavy atom. The SMILES string of the molecule is CCC1CCC(/C(C)=C\C(C)C(C)CC(O)C(C)CC/C=C/C=C(\C)S)NC1=O. The van der Waals surface area contributed by atoms with Gasteiger partial charge < -0.3 is 10.4 Å². The fourth-order valence-corrected chi connectivity index (χ4v) is 4.06. The molecule has 0 saturated carbocycles. The molecule has 0 radical (unpaired) electrons. The molecule has 6 atom stereocenters. The van der Waals surface area contributed by atoms with Crippen LogP contribution < -0.4 is 5.32 Å². The average Bonchev–Trinajstić information content (AvgIpc) is 2.66. The number of carbonyl (C=O) groups is 1. The number of thiol groups is 1. The van der Waals surface area contributed by atoms with E-state index < -0.39 is 0 Å². The predicted octanol–water partition coefficient (Wildman–Crippen LogP) is 6.07. The summed E-state index contributed by atoms with van der Waals surface area (Å²) in [7, 11) is 0. The quantitative estimate of drug-likeness (QED) is 0.215. The van der Waals surface area contributed by atoms with Crippen LogP contribution in [0.25, 0.3) is 0 Å². The third-order valence-electron chi connectivity index (χ3n) is 6.49. The molecule has 0 aromatic heterocycles. The fourth-order valence-electron chi connectivity index (χ4n) is 3.97. The van der Waals surface area contributed by atoms with E-state index in [1.165, 1.54) is 5.57 Å². The molecule has 0 spiro atoms. The number of hydrogen-bond acceptors (Lipinski definition) is 3. The molecule has 6 unspecified atom stereocenters. The van der Waals surface area contributed by atoms with Gasteiger partial charge in [-0.2, -0.15) is 0 Å². The van der Waals surface area contributed by atoms with Crippen molar-refractivity contribution in [3.63, 3.8) is 0 Å². The molecule has 166 valence electrons. The maximum absolute atomic E-state index is 12.2. The molecule has 1 rings (SSSR count). The van der Waals surface area contributed by atoms with Gasteiger partial charge in [-0.05, 0) is 75.0 Å². The number of piperidine rings is 1. The fraction of sp³-hybridized carbons (Fsp3) is 0.720. The zero-order valence-electron chi connectivity index (χ0n) is 19.3. The normalized spacial score (nSPS) is 25.6. The van der Waals surface area contributed by atoms with Crippen LogP contribution >= 0.6 is 12.6 Å². The van der Waals surface area contributed by atoms with Crippen LogP contribution in [-0.4, -0.2) is 23.2 Å². The van der Waals surface area contributed by atoms with Gasteiger partial charge in [0.25, 0.3) is 0 Å². The number of amides is 1. The maximum Gasteiger partial charge on any atom is 0.223 e. The zero-order valence-corrected chi connectivity index (χ0v) is 20.2. The summed E-state index contributed by atoms with van der Waals surface area (Å²) in [5.74, 6) is 1.44. The molecule has 29 heavy (non-hydrogen) atoms. The van der Waals surface area contributed by atoms with E-state index in [9.17, 15) is 9.90 Å². The van der Waals surface area contributed by atoms with Crippen LogP contribution in [0, 0.1) is 23.7 Å². The van der Waals surface area contributed by atoms with E-state index in [4.69, 9.17) is 0 Å². The second kappa shape index (κ2) is 13.3. The van der Waals surface area contributed by atoms with E-state index in [1.807, 2.05) is 19.1 Å². The second-order valence-corrected chi connectivity index (χ2v) is 9.79. The van der Waals surface area contributed by atoms with Crippen LogP contribution in [0.2, 0.25) is 0 Å². The minimum absolute atomic E-state index is 0.172. The van der Waals surface area contributed by atoms with E-state index in [-0.39, 0.29) is 29.9 Å². The monoisotopic (exact) mass is 421 g/mol. The topological polar surface area (TPSA) is 49.3 Å². The van der Waals surface area contributed by atoms with Gasteiger partial charge in [0.1, 0.15) is 0 Å². The van der Waals surface area contributed by atoms with Gasteiger partial charge >= 0.3 is 0 Å². The van der Waals surface area contributed by atoms with Crippen molar-refractivity contribution in [2.45, 2.75) is 92.2 Å². The summed E-state index contributed by atoms with van der Waals surface area (Å²) in [5, 5.41) is 13.8. The molecule has 0 aliphatic carbocycles. The largest absolute Gasteiger partial charge is 0.393 e. The molecule has 3 nitrogen and oxygen atoms in total. The summed E-state index contributed by atoms with van der Waals surface area (Å²) in [6.07, 6.45) is 13.9. The van der Waals surface area contributed by atoms with Crippen molar-refractivity contribution < 1.29 is 9.90 Å². The van der Waals surface area contributed by atoms with Crippen molar-refractivity contribution in [2.75, 3.05) is 0 Å². The van der Waals surface area contributed by atoms with Crippen LogP contribution in [0.4, 0.5) is 0 Å². The smallest absolute Gasteiger partial charge is 0.223 e. The van der Waals surface area contributed by atoms with E-state index in [0.717, 1.165) is 43.4 Å².